The van der Waals surface area contributed by atoms with Gasteiger partial charge in [0, 0.05) is 37.5 Å². The third-order valence-corrected chi connectivity index (χ3v) is 7.01. The summed E-state index contributed by atoms with van der Waals surface area (Å²) in [4.78, 5) is 27.9. The summed E-state index contributed by atoms with van der Waals surface area (Å²) < 4.78 is 7.85. The second-order valence-corrected chi connectivity index (χ2v) is 9.77. The number of nitrogens with one attached hydrogen (secondary N) is 1. The number of benzene rings is 2. The number of amides is 1. The summed E-state index contributed by atoms with van der Waals surface area (Å²) in [5, 5.41) is 8.86. The molecular formula is C31H30N8O2. The first-order valence-corrected chi connectivity index (χ1v) is 13.6. The number of para-hydroxylation sites is 1. The van der Waals surface area contributed by atoms with Crippen molar-refractivity contribution in [3.05, 3.63) is 97.5 Å². The van der Waals surface area contributed by atoms with E-state index in [1.54, 1.807) is 12.3 Å². The quantitative estimate of drug-likeness (QED) is 0.258. The highest BCUT2D eigenvalue weighted by Crippen LogP contribution is 2.34. The van der Waals surface area contributed by atoms with Gasteiger partial charge in [-0.15, -0.1) is 0 Å². The van der Waals surface area contributed by atoms with Crippen LogP contribution < -0.4 is 15.8 Å². The highest BCUT2D eigenvalue weighted by atomic mass is 16.5. The van der Waals surface area contributed by atoms with Gasteiger partial charge < -0.3 is 20.7 Å². The van der Waals surface area contributed by atoms with Gasteiger partial charge in [-0.25, -0.2) is 19.6 Å². The van der Waals surface area contributed by atoms with Crippen LogP contribution in [0.25, 0.3) is 22.3 Å². The van der Waals surface area contributed by atoms with Crippen LogP contribution in [0, 0.1) is 0 Å². The van der Waals surface area contributed by atoms with Gasteiger partial charge in [-0.2, -0.15) is 5.10 Å². The molecule has 3 N–H and O–H groups in total. The van der Waals surface area contributed by atoms with Crippen molar-refractivity contribution in [3.63, 3.8) is 0 Å². The molecule has 3 aromatic heterocycles. The zero-order valence-corrected chi connectivity index (χ0v) is 22.4. The van der Waals surface area contributed by atoms with E-state index in [1.165, 1.54) is 6.33 Å². The smallest absolute Gasteiger partial charge is 0.246 e. The van der Waals surface area contributed by atoms with Gasteiger partial charge in [-0.05, 0) is 61.4 Å². The fourth-order valence-corrected chi connectivity index (χ4v) is 5.01. The molecule has 0 saturated carbocycles. The molecule has 2 aromatic carbocycles. The molecule has 4 heterocycles. The molecule has 1 amide bonds. The first-order chi connectivity index (χ1) is 20.2. The Morgan fingerprint density at radius 2 is 1.80 bits per heavy atom. The third-order valence-electron chi connectivity index (χ3n) is 7.01. The van der Waals surface area contributed by atoms with Crippen molar-refractivity contribution in [2.75, 3.05) is 30.7 Å². The number of carbonyl (C=O) groups is 1. The summed E-state index contributed by atoms with van der Waals surface area (Å²) in [5.41, 5.74) is 8.58. The molecule has 0 unspecified atom stereocenters. The zero-order valence-electron chi connectivity index (χ0n) is 22.4. The number of pyridine rings is 1. The van der Waals surface area contributed by atoms with Crippen LogP contribution in [-0.2, 0) is 4.79 Å². The molecule has 6 rings (SSSR count). The fraction of sp³-hybridized carbons (Fsp3) is 0.194. The van der Waals surface area contributed by atoms with Crippen LogP contribution in [0.15, 0.2) is 97.5 Å². The Hall–Kier alpha value is -5.25. The van der Waals surface area contributed by atoms with E-state index >= 15 is 0 Å². The van der Waals surface area contributed by atoms with E-state index in [0.717, 1.165) is 35.7 Å². The van der Waals surface area contributed by atoms with Crippen LogP contribution in [-0.4, -0.2) is 55.2 Å². The number of hydrogen-bond donors (Lipinski definition) is 2. The van der Waals surface area contributed by atoms with Crippen molar-refractivity contribution in [2.24, 2.45) is 0 Å². The summed E-state index contributed by atoms with van der Waals surface area (Å²) >= 11 is 0. The number of anilines is 2. The lowest BCUT2D eigenvalue weighted by Crippen LogP contribution is -2.40. The van der Waals surface area contributed by atoms with Gasteiger partial charge in [-0.1, -0.05) is 30.3 Å². The molecule has 10 heteroatoms. The van der Waals surface area contributed by atoms with Gasteiger partial charge in [0.25, 0.3) is 0 Å². The molecule has 1 fully saturated rings. The van der Waals surface area contributed by atoms with Crippen LogP contribution in [0.1, 0.15) is 18.9 Å². The van der Waals surface area contributed by atoms with Gasteiger partial charge >= 0.3 is 0 Å². The standard InChI is InChI=1S/C31H30N8O2/c32-30-28-29(22-13-15-25(16-14-22)41-24-9-2-1-3-10-24)37-39(31(28)36-21-35-30)23-8-7-19-38(20-23)27(40)12-6-18-34-26-11-4-5-17-33-26/h1-6,9-17,21,23H,7-8,18-20H2,(H,33,34)(H2,32,35,36)/b12-6+/t23-/m1/s1. The normalized spacial score (nSPS) is 15.3. The Labute approximate surface area is 237 Å². The van der Waals surface area contributed by atoms with E-state index in [9.17, 15) is 4.79 Å². The monoisotopic (exact) mass is 546 g/mol. The van der Waals surface area contributed by atoms with Gasteiger partial charge in [0.2, 0.25) is 5.91 Å². The van der Waals surface area contributed by atoms with Crippen molar-refractivity contribution >= 4 is 28.6 Å². The number of piperidine rings is 1. The predicted octanol–water partition coefficient (Wildman–Crippen LogP) is 5.09. The van der Waals surface area contributed by atoms with Gasteiger partial charge in [0.05, 0.1) is 11.4 Å². The number of nitrogens with two attached hydrogens (primary N) is 1. The molecule has 0 bridgehead atoms. The van der Waals surface area contributed by atoms with Crippen LogP contribution in [0.3, 0.4) is 0 Å². The van der Waals surface area contributed by atoms with E-state index in [1.807, 2.05) is 88.5 Å². The average molecular weight is 547 g/mol. The molecule has 0 spiro atoms. The minimum atomic E-state index is -0.0426. The molecule has 1 aliphatic rings. The van der Waals surface area contributed by atoms with Crippen molar-refractivity contribution in [3.8, 4) is 22.8 Å². The zero-order chi connectivity index (χ0) is 28.0. The van der Waals surface area contributed by atoms with E-state index in [4.69, 9.17) is 15.6 Å². The van der Waals surface area contributed by atoms with Gasteiger partial charge in [0.15, 0.2) is 5.65 Å². The number of rotatable bonds is 8. The second-order valence-electron chi connectivity index (χ2n) is 9.77. The number of fused-ring (bicyclic) bond motifs is 1. The number of hydrogen-bond acceptors (Lipinski definition) is 8. The largest absolute Gasteiger partial charge is 0.457 e. The summed E-state index contributed by atoms with van der Waals surface area (Å²) in [6.07, 6.45) is 8.35. The summed E-state index contributed by atoms with van der Waals surface area (Å²) in [5.74, 6) is 2.59. The number of carbonyl (C=O) groups excluding carboxylic acids is 1. The SMILES string of the molecule is Nc1ncnc2c1c(-c1ccc(Oc3ccccc3)cc1)nn2[C@@H]1CCCN(C(=O)/C=C/CNc2ccccn2)C1. The second kappa shape index (κ2) is 11.9. The minimum Gasteiger partial charge on any atom is -0.457 e. The van der Waals surface area contributed by atoms with Crippen LogP contribution in [0.4, 0.5) is 11.6 Å². The molecule has 41 heavy (non-hydrogen) atoms. The van der Waals surface area contributed by atoms with Crippen LogP contribution in [0.2, 0.25) is 0 Å². The van der Waals surface area contributed by atoms with Crippen molar-refractivity contribution in [1.29, 1.82) is 0 Å². The van der Waals surface area contributed by atoms with Crippen molar-refractivity contribution in [2.45, 2.75) is 18.9 Å². The number of likely N-dealkylation sites (tertiary alicyclic amines) is 1. The minimum absolute atomic E-state index is 0.0302. The first kappa shape index (κ1) is 26.0. The Kier molecular flexibility index (Phi) is 7.53. The van der Waals surface area contributed by atoms with E-state index in [-0.39, 0.29) is 11.9 Å². The lowest BCUT2D eigenvalue weighted by Gasteiger charge is -2.32. The number of ether oxygens (including phenoxy) is 1. The summed E-state index contributed by atoms with van der Waals surface area (Å²) in [7, 11) is 0. The molecule has 0 aliphatic carbocycles. The molecule has 1 aliphatic heterocycles. The number of aromatic nitrogens is 5. The molecule has 206 valence electrons. The maximum atomic E-state index is 13.0. The maximum Gasteiger partial charge on any atom is 0.246 e. The van der Waals surface area contributed by atoms with Crippen LogP contribution >= 0.6 is 0 Å². The molecule has 10 nitrogen and oxygen atoms in total. The molecule has 1 atom stereocenters. The average Bonchev–Trinajstić information content (AvgIpc) is 3.42. The maximum absolute atomic E-state index is 13.0. The van der Waals surface area contributed by atoms with Crippen molar-refractivity contribution < 1.29 is 9.53 Å². The third kappa shape index (κ3) is 5.86. The Balaban J connectivity index is 1.20. The van der Waals surface area contributed by atoms with Crippen LogP contribution in [0.5, 0.6) is 11.5 Å². The van der Waals surface area contributed by atoms with Crippen molar-refractivity contribution in [1.82, 2.24) is 29.6 Å². The molecular weight excluding hydrogens is 516 g/mol. The van der Waals surface area contributed by atoms with E-state index in [2.05, 4.69) is 20.3 Å². The fourth-order valence-electron chi connectivity index (χ4n) is 5.01. The summed E-state index contributed by atoms with van der Waals surface area (Å²) in [6, 6.07) is 23.0. The van der Waals surface area contributed by atoms with Gasteiger partial charge in [-0.3, -0.25) is 4.79 Å². The first-order valence-electron chi connectivity index (χ1n) is 13.6. The van der Waals surface area contributed by atoms with E-state index < -0.39 is 0 Å². The predicted molar refractivity (Wildman–Crippen MR) is 158 cm³/mol. The highest BCUT2D eigenvalue weighted by molar-refractivity contribution is 5.98. The van der Waals surface area contributed by atoms with E-state index in [0.29, 0.717) is 42.2 Å². The lowest BCUT2D eigenvalue weighted by atomic mass is 10.1. The highest BCUT2D eigenvalue weighted by Gasteiger charge is 2.28. The summed E-state index contributed by atoms with van der Waals surface area (Å²) in [6.45, 7) is 1.73. The molecule has 1 saturated heterocycles. The molecule has 5 aromatic rings. The number of nitrogens with zero attached hydrogens (tertiary/aromatic N) is 6. The lowest BCUT2D eigenvalue weighted by molar-refractivity contribution is -0.127. The molecule has 0 radical (unpaired) electrons. The topological polar surface area (TPSA) is 124 Å². The Morgan fingerprint density at radius 3 is 2.61 bits per heavy atom. The number of nitrogen functional groups attached to an aromatic ring is 1. The Bertz CT molecular complexity index is 1650. The Morgan fingerprint density at radius 1 is 1.00 bits per heavy atom. The van der Waals surface area contributed by atoms with Gasteiger partial charge in [0.1, 0.15) is 35.2 Å².